The van der Waals surface area contributed by atoms with E-state index in [1.807, 2.05) is 0 Å². The molecule has 32 rings (SSSR count). The van der Waals surface area contributed by atoms with Crippen molar-refractivity contribution < 1.29 is 0 Å². The van der Waals surface area contributed by atoms with Gasteiger partial charge in [0.15, 0.2) is 0 Å². The van der Waals surface area contributed by atoms with Crippen molar-refractivity contribution >= 4 is 218 Å². The van der Waals surface area contributed by atoms with Crippen LogP contribution in [-0.4, -0.2) is 45.7 Å². The zero-order valence-electron chi connectivity index (χ0n) is 80.9. The number of hydrogen-bond donors (Lipinski definition) is 0. The van der Waals surface area contributed by atoms with Crippen molar-refractivity contribution in [3.8, 4) is 39.6 Å². The summed E-state index contributed by atoms with van der Waals surface area (Å²) in [5.74, 6) is 0. The third-order valence-electron chi connectivity index (χ3n) is 31.4. The second-order valence-electron chi connectivity index (χ2n) is 39.3. The third kappa shape index (κ3) is 12.5. The first-order valence-corrected chi connectivity index (χ1v) is 49.8. The molecule has 684 valence electrons. The van der Waals surface area contributed by atoms with Crippen molar-refractivity contribution in [3.05, 3.63) is 478 Å². The average molecular weight is 1850 g/mol. The van der Waals surface area contributed by atoms with Crippen LogP contribution >= 0.6 is 0 Å². The normalized spacial score (nSPS) is 12.5. The van der Waals surface area contributed by atoms with E-state index in [0.717, 1.165) is 0 Å². The lowest BCUT2D eigenvalue weighted by Gasteiger charge is -2.21. The predicted octanol–water partition coefficient (Wildman–Crippen LogP) is 34.4. The Morgan fingerprint density at radius 2 is 0.410 bits per heavy atom. The Kier molecular flexibility index (Phi) is 19.0. The lowest BCUT2D eigenvalue weighted by atomic mass is 9.82. The second kappa shape index (κ2) is 32.6. The SMILES string of the molecule is Cn1c2ccc(-n3c4ccccc4c4ccccc43)cc2c2cc3c(cc21)C(C)(C)c1ccccc1-3.Cn1c2ccccc2c2c1ccc1c3ccccc3n(-c3ccccc3)c12.Cn1c2ccccc2c2cc(-n3c4ccccc4c4ccccc43)ccc21.Cn1c2ccccc2c2cc3c4ccccc4n(-c4ccccc4)c3cc21.Cn1c2ccccc2c2ccc3c4ccccc4n(-c4ccccc4)c3c21. The van der Waals surface area contributed by atoms with Crippen molar-refractivity contribution in [3.63, 3.8) is 0 Å². The summed E-state index contributed by atoms with van der Waals surface area (Å²) in [5.41, 5.74) is 36.9. The highest BCUT2D eigenvalue weighted by atomic mass is 15.1. The van der Waals surface area contributed by atoms with Gasteiger partial charge in [-0.3, -0.25) is 0 Å². The molecule has 0 N–H and O–H groups in total. The third-order valence-corrected chi connectivity index (χ3v) is 31.4. The molecular weight excluding hydrogens is 1750 g/mol. The van der Waals surface area contributed by atoms with E-state index in [1.165, 1.54) is 269 Å². The Morgan fingerprint density at radius 1 is 0.139 bits per heavy atom. The summed E-state index contributed by atoms with van der Waals surface area (Å²) in [4.78, 5) is 0. The standard InChI is InChI=1S/C34H26N2.4C25H18N2/c1-34(2)28-13-7-4-10-22(28)25-19-27-26-18-21(16-17-30(26)35(3)33(27)20-29(25)34)36-31-14-8-5-11-23(31)24-12-6-9-15-32(24)36;1-26-22-11-5-2-10-20(22)21-16-17(14-15-23(21)26)27-24-12-6-3-8-18(24)19-9-4-7-13-25(19)27;1-26-21-13-7-6-12-20(21)24-23(26)16-15-19-18-11-5-8-14-22(18)27(25(19)24)17-9-3-2-4-10-17;1-26-22-13-7-5-11-18(22)20-15-21-19-12-6-8-14-23(19)27(25(21)16-24(20)26)17-9-3-2-4-10-17;1-26-22-13-7-5-11-18(22)20-15-16-21-19-12-6-8-14-23(19)27(25(21)24(20)26)17-9-3-2-4-10-17/h4-20H,1-3H3;4*2-16H,1H3. The molecule has 0 unspecified atom stereocenters. The fourth-order valence-corrected chi connectivity index (χ4v) is 24.8. The minimum atomic E-state index is 0.00467. The Labute approximate surface area is 830 Å². The summed E-state index contributed by atoms with van der Waals surface area (Å²) in [6.45, 7) is 4.71. The van der Waals surface area contributed by atoms with E-state index in [0.29, 0.717) is 0 Å². The second-order valence-corrected chi connectivity index (χ2v) is 39.3. The maximum absolute atomic E-state index is 2.44. The molecule has 1 aliphatic rings. The molecule has 0 spiro atoms. The van der Waals surface area contributed by atoms with Gasteiger partial charge in [-0.1, -0.05) is 311 Å². The zero-order valence-corrected chi connectivity index (χ0v) is 80.9. The van der Waals surface area contributed by atoms with Gasteiger partial charge in [-0.2, -0.15) is 0 Å². The topological polar surface area (TPSA) is 49.3 Å². The van der Waals surface area contributed by atoms with Crippen molar-refractivity contribution in [1.29, 1.82) is 0 Å². The van der Waals surface area contributed by atoms with Crippen LogP contribution in [0, 0.1) is 0 Å². The first kappa shape index (κ1) is 83.8. The monoisotopic (exact) mass is 1850 g/mol. The first-order chi connectivity index (χ1) is 70.9. The first-order valence-electron chi connectivity index (χ1n) is 49.8. The summed E-state index contributed by atoms with van der Waals surface area (Å²) in [6.07, 6.45) is 0. The van der Waals surface area contributed by atoms with E-state index in [-0.39, 0.29) is 5.41 Å². The van der Waals surface area contributed by atoms with Crippen LogP contribution in [0.2, 0.25) is 0 Å². The molecule has 144 heavy (non-hydrogen) atoms. The van der Waals surface area contributed by atoms with Crippen LogP contribution in [0.25, 0.3) is 258 Å². The quantitative estimate of drug-likeness (QED) is 0.165. The van der Waals surface area contributed by atoms with Crippen molar-refractivity contribution in [2.24, 2.45) is 35.2 Å². The molecule has 0 amide bonds. The molecule has 10 heterocycles. The summed E-state index contributed by atoms with van der Waals surface area (Å²) < 4.78 is 23.6. The molecule has 10 heteroatoms. The van der Waals surface area contributed by atoms with Gasteiger partial charge in [0.2, 0.25) is 0 Å². The van der Waals surface area contributed by atoms with E-state index in [2.05, 4.69) is 562 Å². The fourth-order valence-electron chi connectivity index (χ4n) is 24.8. The van der Waals surface area contributed by atoms with Gasteiger partial charge >= 0.3 is 0 Å². The van der Waals surface area contributed by atoms with Gasteiger partial charge < -0.3 is 45.7 Å². The highest BCUT2D eigenvalue weighted by Gasteiger charge is 2.37. The molecule has 31 aromatic rings. The number of fused-ring (bicyclic) bond motifs is 35. The molecule has 10 aromatic heterocycles. The summed E-state index contributed by atoms with van der Waals surface area (Å²) in [6, 6.07) is 169. The van der Waals surface area contributed by atoms with Crippen molar-refractivity contribution in [2.75, 3.05) is 0 Å². The number of benzene rings is 21. The molecule has 0 atom stereocenters. The predicted molar refractivity (Wildman–Crippen MR) is 611 cm³/mol. The lowest BCUT2D eigenvalue weighted by molar-refractivity contribution is 0.661. The van der Waals surface area contributed by atoms with Gasteiger partial charge in [0, 0.05) is 215 Å². The molecular formula is C134H98N10. The van der Waals surface area contributed by atoms with Gasteiger partial charge in [-0.15, -0.1) is 0 Å². The summed E-state index contributed by atoms with van der Waals surface area (Å²) >= 11 is 0. The van der Waals surface area contributed by atoms with Crippen LogP contribution in [0.3, 0.4) is 0 Å². The lowest BCUT2D eigenvalue weighted by Crippen LogP contribution is -2.14. The Bertz CT molecular complexity index is 10600. The van der Waals surface area contributed by atoms with Crippen LogP contribution in [0.1, 0.15) is 25.0 Å². The van der Waals surface area contributed by atoms with Crippen molar-refractivity contribution in [2.45, 2.75) is 19.3 Å². The minimum Gasteiger partial charge on any atom is -0.344 e. The van der Waals surface area contributed by atoms with Crippen LogP contribution in [-0.2, 0) is 40.7 Å². The smallest absolute Gasteiger partial charge is 0.0785 e. The van der Waals surface area contributed by atoms with Crippen LogP contribution in [0.15, 0.2) is 467 Å². The molecule has 0 aliphatic heterocycles. The van der Waals surface area contributed by atoms with Gasteiger partial charge in [0.25, 0.3) is 0 Å². The maximum atomic E-state index is 2.44. The number of hydrogen-bond acceptors (Lipinski definition) is 0. The number of nitrogens with zero attached hydrogens (tertiary/aromatic N) is 10. The molecule has 10 nitrogen and oxygen atoms in total. The minimum absolute atomic E-state index is 0.00467. The van der Waals surface area contributed by atoms with Gasteiger partial charge in [-0.25, -0.2) is 0 Å². The Balaban J connectivity index is 0.0000000880. The largest absolute Gasteiger partial charge is 0.344 e. The Hall–Kier alpha value is -18.4. The Morgan fingerprint density at radius 3 is 0.875 bits per heavy atom. The highest BCUT2D eigenvalue weighted by molar-refractivity contribution is 6.28. The van der Waals surface area contributed by atoms with Gasteiger partial charge in [-0.05, 0) is 192 Å². The molecule has 21 aromatic carbocycles. The zero-order chi connectivity index (χ0) is 96.0. The van der Waals surface area contributed by atoms with E-state index in [4.69, 9.17) is 0 Å². The van der Waals surface area contributed by atoms with E-state index in [9.17, 15) is 0 Å². The van der Waals surface area contributed by atoms with Crippen LogP contribution in [0.4, 0.5) is 0 Å². The fraction of sp³-hybridized carbons (Fsp3) is 0.0597. The van der Waals surface area contributed by atoms with Crippen molar-refractivity contribution in [1.82, 2.24) is 45.7 Å². The summed E-state index contributed by atoms with van der Waals surface area (Å²) in [5, 5.41) is 26.1. The number of aromatic nitrogens is 10. The average Bonchev–Trinajstić information content (AvgIpc) is 1.57. The number of rotatable bonds is 5. The van der Waals surface area contributed by atoms with Crippen LogP contribution < -0.4 is 0 Å². The number of aryl methyl sites for hydroxylation is 5. The van der Waals surface area contributed by atoms with Crippen LogP contribution in [0.5, 0.6) is 0 Å². The summed E-state index contributed by atoms with van der Waals surface area (Å²) in [7, 11) is 10.8. The van der Waals surface area contributed by atoms with Gasteiger partial charge in [0.05, 0.1) is 71.7 Å². The molecule has 0 saturated carbocycles. The molecule has 0 saturated heterocycles. The molecule has 0 bridgehead atoms. The van der Waals surface area contributed by atoms with E-state index < -0.39 is 0 Å². The van der Waals surface area contributed by atoms with E-state index >= 15 is 0 Å². The molecule has 0 radical (unpaired) electrons. The van der Waals surface area contributed by atoms with Gasteiger partial charge in [0.1, 0.15) is 0 Å². The maximum Gasteiger partial charge on any atom is 0.0785 e. The van der Waals surface area contributed by atoms with E-state index in [1.54, 1.807) is 0 Å². The number of para-hydroxylation sites is 14. The highest BCUT2D eigenvalue weighted by Crippen LogP contribution is 2.52. The molecule has 0 fully saturated rings. The molecule has 1 aliphatic carbocycles.